The van der Waals surface area contributed by atoms with E-state index in [4.69, 9.17) is 11.6 Å². The van der Waals surface area contributed by atoms with Crippen LogP contribution in [0.15, 0.2) is 48.5 Å². The van der Waals surface area contributed by atoms with Crippen molar-refractivity contribution in [2.24, 2.45) is 0 Å². The van der Waals surface area contributed by atoms with Gasteiger partial charge in [-0.1, -0.05) is 36.4 Å². The minimum Gasteiger partial charge on any atom is -0.311 e. The number of rotatable bonds is 5. The Bertz CT molecular complexity index is 511. The summed E-state index contributed by atoms with van der Waals surface area (Å²) in [7, 11) is 0. The van der Waals surface area contributed by atoms with Crippen molar-refractivity contribution in [3.05, 3.63) is 71.3 Å². The average Bonchev–Trinajstić information content (AvgIpc) is 2.43. The van der Waals surface area contributed by atoms with Crippen molar-refractivity contribution in [1.82, 2.24) is 5.32 Å². The van der Waals surface area contributed by atoms with Crippen LogP contribution in [0.5, 0.6) is 0 Å². The molecule has 0 saturated heterocycles. The van der Waals surface area contributed by atoms with E-state index in [0.29, 0.717) is 6.54 Å². The molecule has 2 rings (SSSR count). The molecule has 0 spiro atoms. The average molecular weight is 282 g/mol. The minimum atomic E-state index is -0.543. The van der Waals surface area contributed by atoms with Gasteiger partial charge in [-0.25, -0.2) is 8.78 Å². The maximum Gasteiger partial charge on any atom is 0.130 e. The van der Waals surface area contributed by atoms with Gasteiger partial charge in [0.05, 0.1) is 5.38 Å². The van der Waals surface area contributed by atoms with E-state index in [2.05, 4.69) is 5.32 Å². The maximum atomic E-state index is 13.4. The molecule has 2 aromatic rings. The van der Waals surface area contributed by atoms with E-state index in [9.17, 15) is 8.78 Å². The fraction of sp³-hybridized carbons (Fsp3) is 0.200. The smallest absolute Gasteiger partial charge is 0.130 e. The van der Waals surface area contributed by atoms with Crippen molar-refractivity contribution >= 4 is 11.6 Å². The lowest BCUT2D eigenvalue weighted by Crippen LogP contribution is -2.20. The van der Waals surface area contributed by atoms with Gasteiger partial charge in [-0.3, -0.25) is 0 Å². The van der Waals surface area contributed by atoms with Crippen LogP contribution in [0.2, 0.25) is 0 Å². The molecule has 1 N–H and O–H groups in total. The maximum absolute atomic E-state index is 13.4. The Morgan fingerprint density at radius 1 is 0.947 bits per heavy atom. The molecule has 0 heterocycles. The molecule has 19 heavy (non-hydrogen) atoms. The summed E-state index contributed by atoms with van der Waals surface area (Å²) in [5, 5.41) is 2.74. The highest BCUT2D eigenvalue weighted by atomic mass is 35.5. The highest BCUT2D eigenvalue weighted by Crippen LogP contribution is 2.19. The van der Waals surface area contributed by atoms with Crippen LogP contribution in [0.1, 0.15) is 16.5 Å². The predicted molar refractivity (Wildman–Crippen MR) is 73.1 cm³/mol. The van der Waals surface area contributed by atoms with Crippen LogP contribution >= 0.6 is 11.6 Å². The van der Waals surface area contributed by atoms with Crippen LogP contribution in [-0.4, -0.2) is 6.54 Å². The van der Waals surface area contributed by atoms with Crippen molar-refractivity contribution in [2.75, 3.05) is 6.54 Å². The fourth-order valence-corrected chi connectivity index (χ4v) is 2.06. The van der Waals surface area contributed by atoms with Gasteiger partial charge in [0.2, 0.25) is 0 Å². The third-order valence-corrected chi connectivity index (χ3v) is 3.25. The van der Waals surface area contributed by atoms with E-state index in [-0.39, 0.29) is 17.5 Å². The largest absolute Gasteiger partial charge is 0.311 e. The molecule has 0 bridgehead atoms. The molecule has 0 aliphatic carbocycles. The number of alkyl halides is 1. The molecule has 0 aromatic heterocycles. The van der Waals surface area contributed by atoms with E-state index in [1.807, 2.05) is 30.3 Å². The predicted octanol–water partition coefficient (Wildman–Crippen LogP) is 4.03. The first-order chi connectivity index (χ1) is 9.18. The normalized spacial score (nSPS) is 12.4. The van der Waals surface area contributed by atoms with Gasteiger partial charge in [0.25, 0.3) is 0 Å². The Kier molecular flexibility index (Phi) is 4.88. The molecular formula is C15H14ClF2N. The van der Waals surface area contributed by atoms with Gasteiger partial charge in [-0.15, -0.1) is 11.6 Å². The molecular weight excluding hydrogens is 268 g/mol. The number of hydrogen-bond donors (Lipinski definition) is 1. The molecule has 0 amide bonds. The van der Waals surface area contributed by atoms with Gasteiger partial charge >= 0.3 is 0 Å². The third-order valence-electron chi connectivity index (χ3n) is 2.85. The van der Waals surface area contributed by atoms with Gasteiger partial charge in [0.15, 0.2) is 0 Å². The first kappa shape index (κ1) is 14.0. The molecule has 0 fully saturated rings. The van der Waals surface area contributed by atoms with Crippen molar-refractivity contribution in [1.29, 1.82) is 0 Å². The summed E-state index contributed by atoms with van der Waals surface area (Å²) in [4.78, 5) is 0. The topological polar surface area (TPSA) is 12.0 Å². The van der Waals surface area contributed by atoms with Gasteiger partial charge in [-0.05, 0) is 17.7 Å². The quantitative estimate of drug-likeness (QED) is 0.816. The summed E-state index contributed by atoms with van der Waals surface area (Å²) in [5.41, 5.74) is 1.02. The standard InChI is InChI=1S/C15H14ClF2N/c16-13(11-5-2-1-3-6-11)10-19-9-12-14(17)7-4-8-15(12)18/h1-8,13,19H,9-10H2. The zero-order valence-electron chi connectivity index (χ0n) is 10.2. The van der Waals surface area contributed by atoms with Crippen molar-refractivity contribution in [3.8, 4) is 0 Å². The Hall–Kier alpha value is -1.45. The van der Waals surface area contributed by atoms with Crippen LogP contribution in [0.4, 0.5) is 8.78 Å². The van der Waals surface area contributed by atoms with Crippen LogP contribution in [-0.2, 0) is 6.54 Å². The number of nitrogens with one attached hydrogen (secondary N) is 1. The van der Waals surface area contributed by atoms with Gasteiger partial charge in [-0.2, -0.15) is 0 Å². The molecule has 0 saturated carbocycles. The van der Waals surface area contributed by atoms with Crippen molar-refractivity contribution in [3.63, 3.8) is 0 Å². The van der Waals surface area contributed by atoms with E-state index in [1.165, 1.54) is 18.2 Å². The Morgan fingerprint density at radius 3 is 2.21 bits per heavy atom. The molecule has 0 aliphatic heterocycles. The summed E-state index contributed by atoms with van der Waals surface area (Å²) in [6.45, 7) is 0.563. The summed E-state index contributed by atoms with van der Waals surface area (Å²) in [6.07, 6.45) is 0. The number of halogens is 3. The fourth-order valence-electron chi connectivity index (χ4n) is 1.80. The molecule has 4 heteroatoms. The van der Waals surface area contributed by atoms with Gasteiger partial charge < -0.3 is 5.32 Å². The summed E-state index contributed by atoms with van der Waals surface area (Å²) < 4.78 is 26.8. The molecule has 100 valence electrons. The summed E-state index contributed by atoms with van der Waals surface area (Å²) in [6, 6.07) is 13.4. The number of benzene rings is 2. The van der Waals surface area contributed by atoms with Gasteiger partial charge in [0, 0.05) is 18.7 Å². The Balaban J connectivity index is 1.90. The first-order valence-electron chi connectivity index (χ1n) is 6.01. The second-order valence-corrected chi connectivity index (χ2v) is 4.74. The lowest BCUT2D eigenvalue weighted by molar-refractivity contribution is 0.535. The van der Waals surface area contributed by atoms with Crippen molar-refractivity contribution < 1.29 is 8.78 Å². The van der Waals surface area contributed by atoms with Crippen LogP contribution < -0.4 is 5.32 Å². The summed E-state index contributed by atoms with van der Waals surface area (Å²) in [5.74, 6) is -1.09. The molecule has 0 aliphatic rings. The van der Waals surface area contributed by atoms with E-state index in [1.54, 1.807) is 0 Å². The molecule has 1 unspecified atom stereocenters. The Labute approximate surface area is 116 Å². The Morgan fingerprint density at radius 2 is 1.58 bits per heavy atom. The van der Waals surface area contributed by atoms with Crippen LogP contribution in [0.25, 0.3) is 0 Å². The van der Waals surface area contributed by atoms with Crippen LogP contribution in [0, 0.1) is 11.6 Å². The van der Waals surface area contributed by atoms with Crippen LogP contribution in [0.3, 0.4) is 0 Å². The lowest BCUT2D eigenvalue weighted by Gasteiger charge is -2.12. The summed E-state index contributed by atoms with van der Waals surface area (Å²) >= 11 is 6.20. The SMILES string of the molecule is Fc1cccc(F)c1CNCC(Cl)c1ccccc1. The molecule has 1 nitrogen and oxygen atoms in total. The first-order valence-corrected chi connectivity index (χ1v) is 6.44. The molecule has 0 radical (unpaired) electrons. The second-order valence-electron chi connectivity index (χ2n) is 4.21. The van der Waals surface area contributed by atoms with E-state index in [0.717, 1.165) is 5.56 Å². The van der Waals surface area contributed by atoms with E-state index < -0.39 is 11.6 Å². The lowest BCUT2D eigenvalue weighted by atomic mass is 10.1. The zero-order chi connectivity index (χ0) is 13.7. The van der Waals surface area contributed by atoms with Crippen molar-refractivity contribution in [2.45, 2.75) is 11.9 Å². The zero-order valence-corrected chi connectivity index (χ0v) is 11.0. The van der Waals surface area contributed by atoms with E-state index >= 15 is 0 Å². The molecule has 2 aromatic carbocycles. The monoisotopic (exact) mass is 281 g/mol. The number of hydrogen-bond acceptors (Lipinski definition) is 1. The highest BCUT2D eigenvalue weighted by molar-refractivity contribution is 6.21. The molecule has 1 atom stereocenters. The minimum absolute atomic E-state index is 0.0411. The second kappa shape index (κ2) is 6.64. The third kappa shape index (κ3) is 3.75. The van der Waals surface area contributed by atoms with Gasteiger partial charge in [0.1, 0.15) is 11.6 Å². The highest BCUT2D eigenvalue weighted by Gasteiger charge is 2.10.